The fourth-order valence-electron chi connectivity index (χ4n) is 2.27. The third kappa shape index (κ3) is 2.18. The molecule has 0 atom stereocenters. The number of hydrogen-bond acceptors (Lipinski definition) is 2. The first kappa shape index (κ1) is 13.1. The molecule has 0 saturated heterocycles. The van der Waals surface area contributed by atoms with Crippen molar-refractivity contribution in [2.75, 3.05) is 0 Å². The van der Waals surface area contributed by atoms with E-state index in [1.165, 1.54) is 0 Å². The van der Waals surface area contributed by atoms with Gasteiger partial charge < -0.3 is 5.11 Å². The molecule has 0 aliphatic heterocycles. The van der Waals surface area contributed by atoms with E-state index in [4.69, 9.17) is 5.11 Å². The van der Waals surface area contributed by atoms with Crippen molar-refractivity contribution in [1.29, 1.82) is 0 Å². The number of benzene rings is 2. The standard InChI is InChI=1S/C15H11IN2O2/c1-9-17-13-7-10(15(19)20)5-6-14(13)18(9)12-4-2-3-11(16)8-12/h2-8H,1H3,(H,19,20). The first-order chi connectivity index (χ1) is 9.56. The second-order valence-corrected chi connectivity index (χ2v) is 5.73. The predicted octanol–water partition coefficient (Wildman–Crippen LogP) is 3.64. The molecule has 4 nitrogen and oxygen atoms in total. The lowest BCUT2D eigenvalue weighted by Gasteiger charge is -2.07. The van der Waals surface area contributed by atoms with Crippen molar-refractivity contribution in [2.45, 2.75) is 6.92 Å². The summed E-state index contributed by atoms with van der Waals surface area (Å²) < 4.78 is 3.17. The van der Waals surface area contributed by atoms with Gasteiger partial charge >= 0.3 is 5.97 Å². The largest absolute Gasteiger partial charge is 0.478 e. The molecule has 1 heterocycles. The van der Waals surface area contributed by atoms with Crippen LogP contribution in [0, 0.1) is 10.5 Å². The Balaban J connectivity index is 2.26. The highest BCUT2D eigenvalue weighted by atomic mass is 127. The van der Waals surface area contributed by atoms with E-state index >= 15 is 0 Å². The molecule has 0 radical (unpaired) electrons. The number of fused-ring (bicyclic) bond motifs is 1. The second kappa shape index (κ2) is 4.90. The third-order valence-corrected chi connectivity index (χ3v) is 3.81. The Labute approximate surface area is 129 Å². The number of hydrogen-bond donors (Lipinski definition) is 1. The average molecular weight is 378 g/mol. The number of imidazole rings is 1. The van der Waals surface area contributed by atoms with Gasteiger partial charge in [0.1, 0.15) is 5.82 Å². The van der Waals surface area contributed by atoms with Crippen LogP contribution in [0.1, 0.15) is 16.2 Å². The van der Waals surface area contributed by atoms with Gasteiger partial charge in [0.15, 0.2) is 0 Å². The SMILES string of the molecule is Cc1nc2cc(C(=O)O)ccc2n1-c1cccc(I)c1. The van der Waals surface area contributed by atoms with Crippen LogP contribution in [-0.4, -0.2) is 20.6 Å². The highest BCUT2D eigenvalue weighted by Crippen LogP contribution is 2.23. The van der Waals surface area contributed by atoms with Crippen molar-refractivity contribution in [1.82, 2.24) is 9.55 Å². The number of carbonyl (C=O) groups is 1. The van der Waals surface area contributed by atoms with Crippen LogP contribution in [0.2, 0.25) is 0 Å². The van der Waals surface area contributed by atoms with Crippen molar-refractivity contribution in [3.05, 3.63) is 57.4 Å². The fraction of sp³-hybridized carbons (Fsp3) is 0.0667. The number of rotatable bonds is 2. The van der Waals surface area contributed by atoms with Gasteiger partial charge in [0, 0.05) is 9.26 Å². The van der Waals surface area contributed by atoms with Gasteiger partial charge in [-0.05, 0) is 65.9 Å². The maximum absolute atomic E-state index is 11.0. The molecule has 0 spiro atoms. The van der Waals surface area contributed by atoms with E-state index in [-0.39, 0.29) is 5.56 Å². The summed E-state index contributed by atoms with van der Waals surface area (Å²) in [6, 6.07) is 13.1. The van der Waals surface area contributed by atoms with E-state index < -0.39 is 5.97 Å². The van der Waals surface area contributed by atoms with Crippen LogP contribution < -0.4 is 0 Å². The summed E-state index contributed by atoms with van der Waals surface area (Å²) in [6.07, 6.45) is 0. The lowest BCUT2D eigenvalue weighted by atomic mass is 10.2. The Bertz CT molecular complexity index is 824. The van der Waals surface area contributed by atoms with E-state index in [0.29, 0.717) is 5.52 Å². The lowest BCUT2D eigenvalue weighted by molar-refractivity contribution is 0.0697. The molecule has 0 aliphatic rings. The van der Waals surface area contributed by atoms with Gasteiger partial charge in [0.05, 0.1) is 16.6 Å². The second-order valence-electron chi connectivity index (χ2n) is 4.48. The Kier molecular flexibility index (Phi) is 3.21. The normalized spacial score (nSPS) is 10.9. The van der Waals surface area contributed by atoms with Crippen LogP contribution in [0.5, 0.6) is 0 Å². The van der Waals surface area contributed by atoms with E-state index in [1.807, 2.05) is 29.7 Å². The lowest BCUT2D eigenvalue weighted by Crippen LogP contribution is -1.98. The highest BCUT2D eigenvalue weighted by molar-refractivity contribution is 14.1. The molecule has 0 fully saturated rings. The zero-order chi connectivity index (χ0) is 14.3. The van der Waals surface area contributed by atoms with Crippen LogP contribution in [0.15, 0.2) is 42.5 Å². The minimum Gasteiger partial charge on any atom is -0.478 e. The van der Waals surface area contributed by atoms with Crippen LogP contribution in [0.25, 0.3) is 16.7 Å². The molecule has 1 aromatic heterocycles. The minimum atomic E-state index is -0.937. The summed E-state index contributed by atoms with van der Waals surface area (Å²) in [7, 11) is 0. The van der Waals surface area contributed by atoms with Crippen molar-refractivity contribution in [3.63, 3.8) is 0 Å². The van der Waals surface area contributed by atoms with Crippen LogP contribution in [0.4, 0.5) is 0 Å². The van der Waals surface area contributed by atoms with E-state index in [2.05, 4.69) is 33.6 Å². The molecule has 20 heavy (non-hydrogen) atoms. The topological polar surface area (TPSA) is 55.1 Å². The third-order valence-electron chi connectivity index (χ3n) is 3.14. The van der Waals surface area contributed by atoms with Gasteiger partial charge in [-0.3, -0.25) is 4.57 Å². The molecule has 5 heteroatoms. The van der Waals surface area contributed by atoms with Crippen LogP contribution in [0.3, 0.4) is 0 Å². The number of aromatic carboxylic acids is 1. The first-order valence-electron chi connectivity index (χ1n) is 6.04. The number of aromatic nitrogens is 2. The summed E-state index contributed by atoms with van der Waals surface area (Å²) in [5.74, 6) is -0.0992. The molecule has 0 saturated carbocycles. The monoisotopic (exact) mass is 378 g/mol. The first-order valence-corrected chi connectivity index (χ1v) is 7.12. The van der Waals surface area contributed by atoms with Gasteiger partial charge in [0.25, 0.3) is 0 Å². The summed E-state index contributed by atoms with van der Waals surface area (Å²) in [5, 5.41) is 9.04. The van der Waals surface area contributed by atoms with E-state index in [0.717, 1.165) is 20.6 Å². The van der Waals surface area contributed by atoms with Crippen molar-refractivity contribution < 1.29 is 9.90 Å². The number of carboxylic acid groups (broad SMARTS) is 1. The van der Waals surface area contributed by atoms with Gasteiger partial charge in [-0.15, -0.1) is 0 Å². The molecular formula is C15H11IN2O2. The number of aryl methyl sites for hydroxylation is 1. The molecule has 3 aromatic rings. The van der Waals surface area contributed by atoms with Crippen molar-refractivity contribution >= 4 is 39.6 Å². The van der Waals surface area contributed by atoms with Crippen molar-refractivity contribution in [2.24, 2.45) is 0 Å². The molecule has 100 valence electrons. The van der Waals surface area contributed by atoms with Crippen LogP contribution >= 0.6 is 22.6 Å². The Morgan fingerprint density at radius 1 is 1.25 bits per heavy atom. The molecule has 3 rings (SSSR count). The molecule has 0 amide bonds. The number of halogens is 1. The zero-order valence-corrected chi connectivity index (χ0v) is 12.8. The smallest absolute Gasteiger partial charge is 0.335 e. The van der Waals surface area contributed by atoms with Gasteiger partial charge in [-0.1, -0.05) is 6.07 Å². The zero-order valence-electron chi connectivity index (χ0n) is 10.7. The highest BCUT2D eigenvalue weighted by Gasteiger charge is 2.12. The average Bonchev–Trinajstić information content (AvgIpc) is 2.73. The maximum atomic E-state index is 11.0. The quantitative estimate of drug-likeness (QED) is 0.693. The predicted molar refractivity (Wildman–Crippen MR) is 85.5 cm³/mol. The summed E-state index contributed by atoms with van der Waals surface area (Å²) in [6.45, 7) is 1.92. The Morgan fingerprint density at radius 2 is 2.05 bits per heavy atom. The van der Waals surface area contributed by atoms with Gasteiger partial charge in [-0.2, -0.15) is 0 Å². The molecule has 0 aliphatic carbocycles. The Hall–Kier alpha value is -1.89. The van der Waals surface area contributed by atoms with Gasteiger partial charge in [0.2, 0.25) is 0 Å². The Morgan fingerprint density at radius 3 is 2.75 bits per heavy atom. The minimum absolute atomic E-state index is 0.254. The molecule has 0 bridgehead atoms. The molecule has 0 unspecified atom stereocenters. The molecular weight excluding hydrogens is 367 g/mol. The van der Waals surface area contributed by atoms with Crippen molar-refractivity contribution in [3.8, 4) is 5.69 Å². The summed E-state index contributed by atoms with van der Waals surface area (Å²) in [4.78, 5) is 15.5. The summed E-state index contributed by atoms with van der Waals surface area (Å²) in [5.41, 5.74) is 2.89. The van der Waals surface area contributed by atoms with E-state index in [1.54, 1.807) is 18.2 Å². The molecule has 2 aromatic carbocycles. The fourth-order valence-corrected chi connectivity index (χ4v) is 2.80. The molecule has 1 N–H and O–H groups in total. The summed E-state index contributed by atoms with van der Waals surface area (Å²) >= 11 is 2.27. The van der Waals surface area contributed by atoms with Crippen LogP contribution in [-0.2, 0) is 0 Å². The maximum Gasteiger partial charge on any atom is 0.335 e. The number of carboxylic acids is 1. The van der Waals surface area contributed by atoms with Gasteiger partial charge in [-0.25, -0.2) is 9.78 Å². The van der Waals surface area contributed by atoms with E-state index in [9.17, 15) is 4.79 Å². The number of nitrogens with zero attached hydrogens (tertiary/aromatic N) is 2.